The first kappa shape index (κ1) is 28.2. The van der Waals surface area contributed by atoms with Crippen LogP contribution in [0.1, 0.15) is 26.3 Å². The molecule has 0 saturated carbocycles. The molecule has 0 aliphatic rings. The smallest absolute Gasteiger partial charge is 0.264 e. The molecule has 0 radical (unpaired) electrons. The van der Waals surface area contributed by atoms with E-state index in [1.54, 1.807) is 43.3 Å². The van der Waals surface area contributed by atoms with Crippen LogP contribution in [0.4, 0.5) is 5.69 Å². The monoisotopic (exact) mass is 541 g/mol. The Morgan fingerprint density at radius 1 is 0.892 bits per heavy atom. The predicted molar refractivity (Wildman–Crippen MR) is 147 cm³/mol. The van der Waals surface area contributed by atoms with Crippen LogP contribution >= 0.6 is 11.6 Å². The average Bonchev–Trinajstić information content (AvgIpc) is 2.88. The maximum atomic E-state index is 13.7. The lowest BCUT2D eigenvalue weighted by Gasteiger charge is -2.32. The van der Waals surface area contributed by atoms with Gasteiger partial charge in [-0.2, -0.15) is 0 Å². The van der Waals surface area contributed by atoms with Crippen LogP contribution in [0.15, 0.2) is 89.8 Å². The first-order chi connectivity index (χ1) is 17.6. The zero-order valence-corrected chi connectivity index (χ0v) is 22.7. The lowest BCUT2D eigenvalue weighted by Crippen LogP contribution is -2.53. The number of nitrogens with zero attached hydrogens (tertiary/aromatic N) is 2. The van der Waals surface area contributed by atoms with E-state index in [0.29, 0.717) is 11.4 Å². The number of nitrogens with one attached hydrogen (secondary N) is 1. The van der Waals surface area contributed by atoms with E-state index in [0.717, 1.165) is 9.87 Å². The fraction of sp³-hybridized carbons (Fsp3) is 0.286. The van der Waals surface area contributed by atoms with Crippen LogP contribution in [0, 0.1) is 0 Å². The molecule has 0 aliphatic carbocycles. The fourth-order valence-electron chi connectivity index (χ4n) is 3.85. The van der Waals surface area contributed by atoms with Gasteiger partial charge in [0.15, 0.2) is 0 Å². The van der Waals surface area contributed by atoms with E-state index >= 15 is 0 Å². The highest BCUT2D eigenvalue weighted by molar-refractivity contribution is 7.92. The van der Waals surface area contributed by atoms with E-state index < -0.39 is 28.5 Å². The molecule has 0 heterocycles. The zero-order valence-electron chi connectivity index (χ0n) is 21.2. The molecule has 0 fully saturated rings. The summed E-state index contributed by atoms with van der Waals surface area (Å²) < 4.78 is 28.4. The van der Waals surface area contributed by atoms with Crippen molar-refractivity contribution in [3.8, 4) is 0 Å². The van der Waals surface area contributed by atoms with Gasteiger partial charge in [-0.15, -0.1) is 0 Å². The molecule has 3 rings (SSSR count). The lowest BCUT2D eigenvalue weighted by atomic mass is 10.1. The maximum Gasteiger partial charge on any atom is 0.264 e. The lowest BCUT2D eigenvalue weighted by molar-refractivity contribution is -0.139. The summed E-state index contributed by atoms with van der Waals surface area (Å²) in [5.41, 5.74) is 1.26. The Hall–Kier alpha value is -3.36. The molecule has 7 nitrogen and oxygen atoms in total. The maximum absolute atomic E-state index is 13.7. The number of anilines is 1. The van der Waals surface area contributed by atoms with Gasteiger partial charge in [-0.25, -0.2) is 8.42 Å². The summed E-state index contributed by atoms with van der Waals surface area (Å²) in [5, 5.41) is 3.18. The Kier molecular flexibility index (Phi) is 9.72. The minimum atomic E-state index is -4.10. The van der Waals surface area contributed by atoms with Gasteiger partial charge in [0.2, 0.25) is 11.8 Å². The minimum absolute atomic E-state index is 0.0456. The Morgan fingerprint density at radius 2 is 1.51 bits per heavy atom. The first-order valence-electron chi connectivity index (χ1n) is 12.1. The van der Waals surface area contributed by atoms with E-state index in [1.165, 1.54) is 23.1 Å². The van der Waals surface area contributed by atoms with Crippen molar-refractivity contribution in [1.82, 2.24) is 10.2 Å². The number of hydrogen-bond acceptors (Lipinski definition) is 4. The molecule has 37 heavy (non-hydrogen) atoms. The molecule has 3 aromatic carbocycles. The Balaban J connectivity index is 1.96. The molecule has 196 valence electrons. The SMILES string of the molecule is CC(C)NC(=O)C(C)N(CCc1ccccc1)C(=O)CN(c1cccc(Cl)c1)S(=O)(=O)c1ccccc1. The Labute approximate surface area is 224 Å². The highest BCUT2D eigenvalue weighted by Crippen LogP contribution is 2.26. The molecule has 0 saturated heterocycles. The van der Waals surface area contributed by atoms with Gasteiger partial charge < -0.3 is 10.2 Å². The molecule has 2 amide bonds. The third kappa shape index (κ3) is 7.57. The molecule has 1 N–H and O–H groups in total. The van der Waals surface area contributed by atoms with Crippen molar-refractivity contribution in [2.24, 2.45) is 0 Å². The molecule has 0 aliphatic heterocycles. The first-order valence-corrected chi connectivity index (χ1v) is 13.9. The van der Waals surface area contributed by atoms with Crippen molar-refractivity contribution < 1.29 is 18.0 Å². The van der Waals surface area contributed by atoms with Gasteiger partial charge in [0.05, 0.1) is 10.6 Å². The van der Waals surface area contributed by atoms with Crippen LogP contribution in [-0.2, 0) is 26.0 Å². The van der Waals surface area contributed by atoms with Gasteiger partial charge in [0.25, 0.3) is 10.0 Å². The third-order valence-corrected chi connectivity index (χ3v) is 7.81. The van der Waals surface area contributed by atoms with Gasteiger partial charge >= 0.3 is 0 Å². The van der Waals surface area contributed by atoms with Crippen LogP contribution in [0.5, 0.6) is 0 Å². The van der Waals surface area contributed by atoms with E-state index in [1.807, 2.05) is 44.2 Å². The second-order valence-corrected chi connectivity index (χ2v) is 11.3. The number of halogens is 1. The second kappa shape index (κ2) is 12.7. The van der Waals surface area contributed by atoms with Crippen molar-refractivity contribution in [3.63, 3.8) is 0 Å². The van der Waals surface area contributed by atoms with E-state index in [4.69, 9.17) is 11.6 Å². The number of rotatable bonds is 11. The van der Waals surface area contributed by atoms with Crippen molar-refractivity contribution in [2.45, 2.75) is 44.2 Å². The molecule has 1 unspecified atom stereocenters. The molecule has 1 atom stereocenters. The summed E-state index contributed by atoms with van der Waals surface area (Å²) in [6.07, 6.45) is 0.508. The molecular weight excluding hydrogens is 510 g/mol. The minimum Gasteiger partial charge on any atom is -0.352 e. The van der Waals surface area contributed by atoms with E-state index in [2.05, 4.69) is 5.32 Å². The van der Waals surface area contributed by atoms with Crippen LogP contribution in [0.3, 0.4) is 0 Å². The molecule has 9 heteroatoms. The number of amides is 2. The zero-order chi connectivity index (χ0) is 27.0. The summed E-state index contributed by atoms with van der Waals surface area (Å²) in [4.78, 5) is 28.1. The third-order valence-electron chi connectivity index (χ3n) is 5.79. The van der Waals surface area contributed by atoms with Crippen molar-refractivity contribution in [3.05, 3.63) is 95.5 Å². The number of carbonyl (C=O) groups excluding carboxylic acids is 2. The van der Waals surface area contributed by atoms with Crippen molar-refractivity contribution in [2.75, 3.05) is 17.4 Å². The number of carbonyl (C=O) groups is 2. The topological polar surface area (TPSA) is 86.8 Å². The van der Waals surface area contributed by atoms with Gasteiger partial charge in [-0.05, 0) is 63.1 Å². The summed E-state index contributed by atoms with van der Waals surface area (Å²) in [6, 6.07) is 22.9. The van der Waals surface area contributed by atoms with Crippen molar-refractivity contribution >= 4 is 39.1 Å². The van der Waals surface area contributed by atoms with Gasteiger partial charge in [0.1, 0.15) is 12.6 Å². The summed E-state index contributed by atoms with van der Waals surface area (Å²) in [7, 11) is -4.10. The van der Waals surface area contributed by atoms with Crippen LogP contribution in [0.25, 0.3) is 0 Å². The van der Waals surface area contributed by atoms with Crippen LogP contribution in [-0.4, -0.2) is 50.3 Å². The van der Waals surface area contributed by atoms with E-state index in [9.17, 15) is 18.0 Å². The van der Waals surface area contributed by atoms with Gasteiger partial charge in [-0.1, -0.05) is 66.2 Å². The number of hydrogen-bond donors (Lipinski definition) is 1. The van der Waals surface area contributed by atoms with E-state index in [-0.39, 0.29) is 29.1 Å². The van der Waals surface area contributed by atoms with Gasteiger partial charge in [0, 0.05) is 17.6 Å². The standard InChI is InChI=1S/C28H32ClN3O4S/c1-21(2)30-28(34)22(3)31(18-17-23-11-6-4-7-12-23)27(33)20-32(25-14-10-13-24(29)19-25)37(35,36)26-15-8-5-9-16-26/h4-16,19,21-22H,17-18,20H2,1-3H3,(H,30,34). The summed E-state index contributed by atoms with van der Waals surface area (Å²) in [6.45, 7) is 5.08. The van der Waals surface area contributed by atoms with Crippen LogP contribution < -0.4 is 9.62 Å². The highest BCUT2D eigenvalue weighted by Gasteiger charge is 2.32. The molecule has 0 spiro atoms. The Morgan fingerprint density at radius 3 is 2.11 bits per heavy atom. The number of benzene rings is 3. The van der Waals surface area contributed by atoms with Gasteiger partial charge in [-0.3, -0.25) is 13.9 Å². The fourth-order valence-corrected chi connectivity index (χ4v) is 5.47. The Bertz CT molecular complexity index is 1300. The normalized spacial score (nSPS) is 12.1. The molecule has 3 aromatic rings. The second-order valence-electron chi connectivity index (χ2n) is 8.97. The quantitative estimate of drug-likeness (QED) is 0.387. The predicted octanol–water partition coefficient (Wildman–Crippen LogP) is 4.52. The molecular formula is C28H32ClN3O4S. The number of sulfonamides is 1. The average molecular weight is 542 g/mol. The van der Waals surface area contributed by atoms with Crippen LogP contribution in [0.2, 0.25) is 5.02 Å². The largest absolute Gasteiger partial charge is 0.352 e. The highest BCUT2D eigenvalue weighted by atomic mass is 35.5. The molecule has 0 bridgehead atoms. The summed E-state index contributed by atoms with van der Waals surface area (Å²) in [5.74, 6) is -0.807. The molecule has 0 aromatic heterocycles. The van der Waals surface area contributed by atoms with Crippen molar-refractivity contribution in [1.29, 1.82) is 0 Å². The summed E-state index contributed by atoms with van der Waals surface area (Å²) >= 11 is 6.17.